The number of benzene rings is 1. The maximum atomic E-state index is 12.1. The number of ketones is 1. The van der Waals surface area contributed by atoms with Crippen LogP contribution in [-0.4, -0.2) is 24.1 Å². The molecule has 1 aliphatic rings. The summed E-state index contributed by atoms with van der Waals surface area (Å²) >= 11 is 5.63. The second-order valence-corrected chi connectivity index (χ2v) is 5.44. The van der Waals surface area contributed by atoms with Gasteiger partial charge in [0.05, 0.1) is 0 Å². The molecule has 1 heterocycles. The van der Waals surface area contributed by atoms with Crippen molar-refractivity contribution in [1.29, 1.82) is 0 Å². The van der Waals surface area contributed by atoms with Crippen molar-refractivity contribution in [3.63, 3.8) is 0 Å². The highest BCUT2D eigenvalue weighted by Crippen LogP contribution is 2.29. The fourth-order valence-corrected chi connectivity index (χ4v) is 2.70. The molecule has 0 bridgehead atoms. The Morgan fingerprint density at radius 1 is 1.35 bits per heavy atom. The predicted octanol–water partition coefficient (Wildman–Crippen LogP) is 3.58. The van der Waals surface area contributed by atoms with E-state index < -0.39 is 0 Å². The third-order valence-corrected chi connectivity index (χ3v) is 3.93. The summed E-state index contributed by atoms with van der Waals surface area (Å²) in [7, 11) is 0. The molecule has 0 fully saturated rings. The molecule has 0 saturated carbocycles. The van der Waals surface area contributed by atoms with Gasteiger partial charge in [-0.2, -0.15) is 0 Å². The zero-order valence-corrected chi connectivity index (χ0v) is 12.6. The van der Waals surface area contributed by atoms with Gasteiger partial charge in [0.1, 0.15) is 0 Å². The van der Waals surface area contributed by atoms with Gasteiger partial charge in [0.25, 0.3) is 0 Å². The Labute approximate surface area is 124 Å². The molecule has 1 aromatic carbocycles. The lowest BCUT2D eigenvalue weighted by Gasteiger charge is -2.29. The van der Waals surface area contributed by atoms with Gasteiger partial charge in [0.15, 0.2) is 5.78 Å². The highest BCUT2D eigenvalue weighted by molar-refractivity contribution is 6.18. The van der Waals surface area contributed by atoms with Gasteiger partial charge >= 0.3 is 0 Å². The van der Waals surface area contributed by atoms with Crippen molar-refractivity contribution in [3.8, 4) is 0 Å². The van der Waals surface area contributed by atoms with Gasteiger partial charge < -0.3 is 4.90 Å². The Hall–Kier alpha value is -1.35. The van der Waals surface area contributed by atoms with E-state index in [2.05, 4.69) is 0 Å². The maximum absolute atomic E-state index is 12.1. The minimum Gasteiger partial charge on any atom is -0.312 e. The first-order chi connectivity index (χ1) is 9.67. The maximum Gasteiger partial charge on any atom is 0.226 e. The number of fused-ring (bicyclic) bond motifs is 1. The van der Waals surface area contributed by atoms with Crippen molar-refractivity contribution in [2.45, 2.75) is 39.0 Å². The highest BCUT2D eigenvalue weighted by atomic mass is 35.5. The molecular formula is C16H20ClNO2. The fraction of sp³-hybridized carbons (Fsp3) is 0.500. The summed E-state index contributed by atoms with van der Waals surface area (Å²) in [5.41, 5.74) is 2.76. The van der Waals surface area contributed by atoms with Crippen LogP contribution in [0.5, 0.6) is 0 Å². The summed E-state index contributed by atoms with van der Waals surface area (Å²) < 4.78 is 0. The molecule has 20 heavy (non-hydrogen) atoms. The van der Waals surface area contributed by atoms with Crippen molar-refractivity contribution in [1.82, 2.24) is 0 Å². The van der Waals surface area contributed by atoms with E-state index in [4.69, 9.17) is 11.6 Å². The topological polar surface area (TPSA) is 37.4 Å². The number of hydrogen-bond acceptors (Lipinski definition) is 2. The van der Waals surface area contributed by atoms with E-state index in [1.165, 1.54) is 0 Å². The zero-order chi connectivity index (χ0) is 14.5. The molecule has 2 rings (SSSR count). The van der Waals surface area contributed by atoms with Crippen LogP contribution in [0.15, 0.2) is 18.2 Å². The lowest BCUT2D eigenvalue weighted by atomic mass is 9.97. The minimum absolute atomic E-state index is 0.0999. The number of anilines is 1. The van der Waals surface area contributed by atoms with Crippen LogP contribution in [0, 0.1) is 0 Å². The van der Waals surface area contributed by atoms with Crippen molar-refractivity contribution >= 4 is 29.0 Å². The van der Waals surface area contributed by atoms with Crippen molar-refractivity contribution < 1.29 is 9.59 Å². The molecule has 0 unspecified atom stereocenters. The van der Waals surface area contributed by atoms with Gasteiger partial charge in [-0.05, 0) is 30.9 Å². The molecule has 0 saturated heterocycles. The molecule has 0 atom stereocenters. The number of amides is 1. The SMILES string of the molecule is CCC(=O)N1CCCc2ccc(C(=O)CCCCl)cc21. The molecule has 0 aliphatic carbocycles. The zero-order valence-electron chi connectivity index (χ0n) is 11.8. The average Bonchev–Trinajstić information content (AvgIpc) is 2.50. The summed E-state index contributed by atoms with van der Waals surface area (Å²) in [5.74, 6) is 0.719. The quantitative estimate of drug-likeness (QED) is 0.615. The normalized spacial score (nSPS) is 14.0. The van der Waals surface area contributed by atoms with Crippen LogP contribution in [0.1, 0.15) is 48.5 Å². The van der Waals surface area contributed by atoms with E-state index in [0.717, 1.165) is 30.6 Å². The summed E-state index contributed by atoms with van der Waals surface area (Å²) in [6.07, 6.45) is 3.60. The van der Waals surface area contributed by atoms with Crippen LogP contribution in [0.4, 0.5) is 5.69 Å². The van der Waals surface area contributed by atoms with Crippen LogP contribution in [0.3, 0.4) is 0 Å². The summed E-state index contributed by atoms with van der Waals surface area (Å²) in [4.78, 5) is 25.9. The number of nitrogens with zero attached hydrogens (tertiary/aromatic N) is 1. The highest BCUT2D eigenvalue weighted by Gasteiger charge is 2.22. The number of carbonyl (C=O) groups excluding carboxylic acids is 2. The lowest BCUT2D eigenvalue weighted by Crippen LogP contribution is -2.35. The first kappa shape index (κ1) is 15.0. The Bertz CT molecular complexity index is 513. The van der Waals surface area contributed by atoms with E-state index in [0.29, 0.717) is 30.7 Å². The monoisotopic (exact) mass is 293 g/mol. The van der Waals surface area contributed by atoms with Crippen LogP contribution >= 0.6 is 11.6 Å². The second kappa shape index (κ2) is 6.89. The Kier molecular flexibility index (Phi) is 5.18. The third-order valence-electron chi connectivity index (χ3n) is 3.67. The van der Waals surface area contributed by atoms with Gasteiger partial charge in [-0.15, -0.1) is 11.6 Å². The Balaban J connectivity index is 2.27. The molecule has 0 N–H and O–H groups in total. The van der Waals surface area contributed by atoms with Gasteiger partial charge in [-0.1, -0.05) is 19.1 Å². The lowest BCUT2D eigenvalue weighted by molar-refractivity contribution is -0.118. The number of alkyl halides is 1. The van der Waals surface area contributed by atoms with Crippen LogP contribution < -0.4 is 4.90 Å². The van der Waals surface area contributed by atoms with E-state index >= 15 is 0 Å². The predicted molar refractivity (Wildman–Crippen MR) is 81.7 cm³/mol. The molecule has 0 aromatic heterocycles. The van der Waals surface area contributed by atoms with E-state index in [9.17, 15) is 9.59 Å². The fourth-order valence-electron chi connectivity index (χ4n) is 2.57. The smallest absolute Gasteiger partial charge is 0.226 e. The van der Waals surface area contributed by atoms with Crippen LogP contribution in [0.25, 0.3) is 0 Å². The van der Waals surface area contributed by atoms with Gasteiger partial charge in [-0.25, -0.2) is 0 Å². The number of halogens is 1. The molecule has 0 spiro atoms. The van der Waals surface area contributed by atoms with Crippen LogP contribution in [0.2, 0.25) is 0 Å². The summed E-state index contributed by atoms with van der Waals surface area (Å²) in [6.45, 7) is 2.62. The number of rotatable bonds is 5. The molecule has 3 nitrogen and oxygen atoms in total. The molecule has 1 aromatic rings. The molecule has 4 heteroatoms. The van der Waals surface area contributed by atoms with Gasteiger partial charge in [0, 0.05) is 36.5 Å². The minimum atomic E-state index is 0.0999. The first-order valence-corrected chi connectivity index (χ1v) is 7.73. The number of carbonyl (C=O) groups is 2. The Morgan fingerprint density at radius 2 is 2.15 bits per heavy atom. The third kappa shape index (κ3) is 3.21. The molecular weight excluding hydrogens is 274 g/mol. The summed E-state index contributed by atoms with van der Waals surface area (Å²) in [5, 5.41) is 0. The number of Topliss-reactive ketones (excluding diaryl/α,β-unsaturated/α-hetero) is 1. The number of aryl methyl sites for hydroxylation is 1. The Morgan fingerprint density at radius 3 is 2.85 bits per heavy atom. The largest absolute Gasteiger partial charge is 0.312 e. The van der Waals surface area contributed by atoms with E-state index in [1.807, 2.05) is 30.0 Å². The van der Waals surface area contributed by atoms with E-state index in [-0.39, 0.29) is 11.7 Å². The van der Waals surface area contributed by atoms with Crippen molar-refractivity contribution in [3.05, 3.63) is 29.3 Å². The number of hydrogen-bond donors (Lipinski definition) is 0. The molecule has 1 aliphatic heterocycles. The molecule has 108 valence electrons. The molecule has 0 radical (unpaired) electrons. The van der Waals surface area contributed by atoms with Crippen molar-refractivity contribution in [2.24, 2.45) is 0 Å². The van der Waals surface area contributed by atoms with Gasteiger partial charge in [-0.3, -0.25) is 9.59 Å². The second-order valence-electron chi connectivity index (χ2n) is 5.06. The van der Waals surface area contributed by atoms with Crippen LogP contribution in [-0.2, 0) is 11.2 Å². The molecule has 1 amide bonds. The van der Waals surface area contributed by atoms with Gasteiger partial charge in [0.2, 0.25) is 5.91 Å². The average molecular weight is 294 g/mol. The van der Waals surface area contributed by atoms with E-state index in [1.54, 1.807) is 0 Å². The first-order valence-electron chi connectivity index (χ1n) is 7.19. The standard InChI is InChI=1S/C16H20ClNO2/c1-2-16(20)18-10-4-5-12-7-8-13(11-14(12)18)15(19)6-3-9-17/h7-8,11H,2-6,9-10H2,1H3. The summed E-state index contributed by atoms with van der Waals surface area (Å²) in [6, 6.07) is 5.73. The van der Waals surface area contributed by atoms with Crippen molar-refractivity contribution in [2.75, 3.05) is 17.3 Å².